The average Bonchev–Trinajstić information content (AvgIpc) is 2.63. The number of H-pyrrole nitrogens is 1. The molecule has 0 atom stereocenters. The molecule has 2 aromatic rings. The van der Waals surface area contributed by atoms with E-state index in [-0.39, 0.29) is 17.3 Å². The highest BCUT2D eigenvalue weighted by molar-refractivity contribution is 5.52. The van der Waals surface area contributed by atoms with Gasteiger partial charge in [-0.25, -0.2) is 9.97 Å². The molecule has 0 unspecified atom stereocenters. The molecule has 2 heterocycles. The first-order valence-corrected chi connectivity index (χ1v) is 5.31. The van der Waals surface area contributed by atoms with E-state index < -0.39 is 0 Å². The summed E-state index contributed by atoms with van der Waals surface area (Å²) < 4.78 is 5.06. The van der Waals surface area contributed by atoms with Crippen LogP contribution in [0.1, 0.15) is 31.2 Å². The molecule has 2 rings (SSSR count). The van der Waals surface area contributed by atoms with Crippen LogP contribution in [0.5, 0.6) is 0 Å². The number of nitrogen functional groups attached to an aromatic ring is 1. The second-order valence-corrected chi connectivity index (χ2v) is 4.12. The highest BCUT2D eigenvalue weighted by Gasteiger charge is 2.14. The molecule has 17 heavy (non-hydrogen) atoms. The van der Waals surface area contributed by atoms with Gasteiger partial charge in [-0.2, -0.15) is 0 Å². The number of hydrogen-bond donors (Lipinski definition) is 2. The zero-order chi connectivity index (χ0) is 12.6. The van der Waals surface area contributed by atoms with E-state index in [1.54, 1.807) is 6.92 Å². The third kappa shape index (κ3) is 2.06. The monoisotopic (exact) mass is 234 g/mol. The standard InChI is InChI=1S/C11H14N4O2/c1-5(2)8-9(12)14-10(15-11(8)16)7-4-17-6(3)13-7/h4-5H,1-3H3,(H3,12,14,15,16). The number of aromatic amines is 1. The SMILES string of the molecule is Cc1nc(-c2nc(N)c(C(C)C)c(=O)[nH]2)co1. The van der Waals surface area contributed by atoms with Crippen LogP contribution in [0.15, 0.2) is 15.5 Å². The molecule has 0 bridgehead atoms. The van der Waals surface area contributed by atoms with Crippen LogP contribution in [-0.4, -0.2) is 15.0 Å². The summed E-state index contributed by atoms with van der Waals surface area (Å²) in [7, 11) is 0. The number of nitrogens with zero attached hydrogens (tertiary/aromatic N) is 2. The van der Waals surface area contributed by atoms with Gasteiger partial charge in [-0.3, -0.25) is 4.79 Å². The summed E-state index contributed by atoms with van der Waals surface area (Å²) >= 11 is 0. The molecule has 0 aliphatic carbocycles. The lowest BCUT2D eigenvalue weighted by atomic mass is 10.1. The summed E-state index contributed by atoms with van der Waals surface area (Å²) in [5.41, 5.74) is 6.51. The molecular formula is C11H14N4O2. The Morgan fingerprint density at radius 3 is 2.59 bits per heavy atom. The minimum absolute atomic E-state index is 0.0272. The molecule has 0 radical (unpaired) electrons. The topological polar surface area (TPSA) is 97.8 Å². The number of hydrogen-bond acceptors (Lipinski definition) is 5. The van der Waals surface area contributed by atoms with Gasteiger partial charge in [0.2, 0.25) is 0 Å². The Balaban J connectivity index is 2.57. The van der Waals surface area contributed by atoms with Gasteiger partial charge >= 0.3 is 0 Å². The first-order valence-electron chi connectivity index (χ1n) is 5.31. The quantitative estimate of drug-likeness (QED) is 0.819. The second kappa shape index (κ2) is 4.04. The van der Waals surface area contributed by atoms with Gasteiger partial charge in [-0.1, -0.05) is 13.8 Å². The molecule has 0 saturated heterocycles. The van der Waals surface area contributed by atoms with Gasteiger partial charge in [0, 0.05) is 6.92 Å². The van der Waals surface area contributed by atoms with E-state index in [9.17, 15) is 4.79 Å². The van der Waals surface area contributed by atoms with E-state index in [1.165, 1.54) is 6.26 Å². The largest absolute Gasteiger partial charge is 0.449 e. The van der Waals surface area contributed by atoms with Crippen molar-refractivity contribution >= 4 is 5.82 Å². The van der Waals surface area contributed by atoms with Crippen LogP contribution in [0.25, 0.3) is 11.5 Å². The smallest absolute Gasteiger partial charge is 0.256 e. The molecular weight excluding hydrogens is 220 g/mol. The Labute approximate surface area is 97.9 Å². The van der Waals surface area contributed by atoms with Crippen molar-refractivity contribution in [3.05, 3.63) is 28.1 Å². The number of oxazole rings is 1. The third-order valence-corrected chi connectivity index (χ3v) is 2.42. The first kappa shape index (κ1) is 11.4. The second-order valence-electron chi connectivity index (χ2n) is 4.12. The molecule has 6 nitrogen and oxygen atoms in total. The number of aromatic nitrogens is 3. The number of rotatable bonds is 2. The normalized spacial score (nSPS) is 11.1. The lowest BCUT2D eigenvalue weighted by molar-refractivity contribution is 0.521. The van der Waals surface area contributed by atoms with Gasteiger partial charge in [0.05, 0.1) is 5.56 Å². The molecule has 90 valence electrons. The molecule has 6 heteroatoms. The summed E-state index contributed by atoms with van der Waals surface area (Å²) in [6.45, 7) is 5.50. The Kier molecular flexibility index (Phi) is 2.71. The van der Waals surface area contributed by atoms with Crippen molar-refractivity contribution < 1.29 is 4.42 Å². The van der Waals surface area contributed by atoms with Crippen LogP contribution in [0, 0.1) is 6.92 Å². The van der Waals surface area contributed by atoms with Crippen LogP contribution < -0.4 is 11.3 Å². The summed E-state index contributed by atoms with van der Waals surface area (Å²) in [5.74, 6) is 1.10. The summed E-state index contributed by atoms with van der Waals surface area (Å²) in [4.78, 5) is 22.7. The average molecular weight is 234 g/mol. The van der Waals surface area contributed by atoms with Crippen molar-refractivity contribution in [2.75, 3.05) is 5.73 Å². The maximum absolute atomic E-state index is 11.8. The lowest BCUT2D eigenvalue weighted by Gasteiger charge is -2.07. The van der Waals surface area contributed by atoms with Gasteiger partial charge in [-0.05, 0) is 5.92 Å². The minimum Gasteiger partial charge on any atom is -0.449 e. The predicted molar refractivity (Wildman–Crippen MR) is 63.6 cm³/mol. The Morgan fingerprint density at radius 2 is 2.12 bits per heavy atom. The van der Waals surface area contributed by atoms with Gasteiger partial charge in [0.1, 0.15) is 17.8 Å². The molecule has 0 amide bonds. The van der Waals surface area contributed by atoms with Crippen molar-refractivity contribution in [3.63, 3.8) is 0 Å². The maximum Gasteiger partial charge on any atom is 0.256 e. The van der Waals surface area contributed by atoms with Crippen LogP contribution >= 0.6 is 0 Å². The van der Waals surface area contributed by atoms with Crippen molar-refractivity contribution in [1.82, 2.24) is 15.0 Å². The highest BCUT2D eigenvalue weighted by Crippen LogP contribution is 2.19. The van der Waals surface area contributed by atoms with Crippen molar-refractivity contribution in [2.45, 2.75) is 26.7 Å². The molecule has 0 spiro atoms. The first-order chi connectivity index (χ1) is 7.99. The minimum atomic E-state index is -0.233. The summed E-state index contributed by atoms with van der Waals surface area (Å²) in [6.07, 6.45) is 1.43. The van der Waals surface area contributed by atoms with E-state index in [4.69, 9.17) is 10.2 Å². The number of nitrogens with two attached hydrogens (primary N) is 1. The van der Waals surface area contributed by atoms with Crippen LogP contribution in [0.3, 0.4) is 0 Å². The summed E-state index contributed by atoms with van der Waals surface area (Å²) in [6, 6.07) is 0. The molecule has 0 fully saturated rings. The number of aryl methyl sites for hydroxylation is 1. The van der Waals surface area contributed by atoms with Crippen molar-refractivity contribution in [3.8, 4) is 11.5 Å². The van der Waals surface area contributed by atoms with E-state index in [0.717, 1.165) is 0 Å². The molecule has 0 saturated carbocycles. The number of nitrogens with one attached hydrogen (secondary N) is 1. The fourth-order valence-electron chi connectivity index (χ4n) is 1.65. The molecule has 0 aliphatic rings. The van der Waals surface area contributed by atoms with Crippen LogP contribution in [-0.2, 0) is 0 Å². The molecule has 0 aliphatic heterocycles. The van der Waals surface area contributed by atoms with Crippen molar-refractivity contribution in [2.24, 2.45) is 0 Å². The lowest BCUT2D eigenvalue weighted by Crippen LogP contribution is -2.19. The zero-order valence-electron chi connectivity index (χ0n) is 9.94. The fraction of sp³-hybridized carbons (Fsp3) is 0.364. The third-order valence-electron chi connectivity index (χ3n) is 2.42. The Morgan fingerprint density at radius 1 is 1.41 bits per heavy atom. The maximum atomic E-state index is 11.8. The van der Waals surface area contributed by atoms with Crippen molar-refractivity contribution in [1.29, 1.82) is 0 Å². The van der Waals surface area contributed by atoms with E-state index >= 15 is 0 Å². The van der Waals surface area contributed by atoms with Gasteiger partial charge in [-0.15, -0.1) is 0 Å². The van der Waals surface area contributed by atoms with Gasteiger partial charge in [0.25, 0.3) is 5.56 Å². The summed E-state index contributed by atoms with van der Waals surface area (Å²) in [5, 5.41) is 0. The van der Waals surface area contributed by atoms with Gasteiger partial charge < -0.3 is 15.1 Å². The predicted octanol–water partition coefficient (Wildman–Crippen LogP) is 1.44. The number of anilines is 1. The van der Waals surface area contributed by atoms with Gasteiger partial charge in [0.15, 0.2) is 11.7 Å². The Hall–Kier alpha value is -2.11. The molecule has 3 N–H and O–H groups in total. The van der Waals surface area contributed by atoms with Crippen LogP contribution in [0.4, 0.5) is 5.82 Å². The van der Waals surface area contributed by atoms with E-state index in [2.05, 4.69) is 15.0 Å². The molecule has 2 aromatic heterocycles. The highest BCUT2D eigenvalue weighted by atomic mass is 16.3. The zero-order valence-corrected chi connectivity index (χ0v) is 9.94. The Bertz CT molecular complexity index is 598. The van der Waals surface area contributed by atoms with E-state index in [0.29, 0.717) is 23.0 Å². The van der Waals surface area contributed by atoms with Crippen LogP contribution in [0.2, 0.25) is 0 Å². The molecule has 0 aromatic carbocycles. The fourth-order valence-corrected chi connectivity index (χ4v) is 1.65. The van der Waals surface area contributed by atoms with E-state index in [1.807, 2.05) is 13.8 Å².